The summed E-state index contributed by atoms with van der Waals surface area (Å²) in [6.45, 7) is 13.5. The van der Waals surface area contributed by atoms with Gasteiger partial charge in [0.05, 0.1) is 27.8 Å². The molecule has 0 saturated heterocycles. The molecule has 15 nitrogen and oxygen atoms in total. The van der Waals surface area contributed by atoms with Crippen molar-refractivity contribution in [3.63, 3.8) is 0 Å². The maximum atomic E-state index is 8.58. The standard InChI is InChI=1S/C29H29N2O.C28H27N2O.C25H23N2O.C24H21N2O.C23H19N2O/c1-19-22-11-6-7-12-23(22)27-24-13-8-15-30-29(24)32-28(27)26(19)25-18-21(14-16-31(25)2)17-20-9-4-3-5-10-20;1-18-21-10-5-6-11-22(21)26-23-12-7-14-29-28(23)31-27(26)25(18)24-17-20(13-15-30(24)2)16-19-8-3-4-9-19;1-15(2)17-11-13-27(4)21(14-17)22-16(3)18-8-5-6-9-19(18)23-20-10-7-12-26-25(20)28-24(22)23;1-4-16-11-13-26(3)20(14-16)21-15(2)17-8-5-6-9-18(17)22-19-10-7-12-25-24(19)27-23(21)22;1-14-10-12-25(3)19(13-14)20-15(2)16-7-4-5-8-17(16)21-18-9-6-11-24-23(18)26-22(20)21/h6-8,11-16,18,20H,3-5,9-10,17H2,1-2H3;5-7,10-15,17,19H,3-4,8-9,16H2,1-2H3;5-15H,1-4H3;5-14H,4H2,1-3H3;4-13H,1-3H3/q5*+1/i;;1D3,15D;4D2;. The highest BCUT2D eigenvalue weighted by Gasteiger charge is 2.33. The summed E-state index contributed by atoms with van der Waals surface area (Å²) in [5, 5.41) is 22.6. The number of rotatable bonds is 11. The van der Waals surface area contributed by atoms with Crippen molar-refractivity contribution >= 4 is 164 Å². The maximum Gasteiger partial charge on any atom is 0.227 e. The lowest BCUT2D eigenvalue weighted by Gasteiger charge is -2.21. The number of fused-ring (bicyclic) bond motifs is 25. The van der Waals surface area contributed by atoms with E-state index in [4.69, 9.17) is 30.3 Å². The molecule has 15 heteroatoms. The highest BCUT2D eigenvalue weighted by atomic mass is 16.4. The zero-order valence-corrected chi connectivity index (χ0v) is 83.8. The molecule has 0 radical (unpaired) electrons. The van der Waals surface area contributed by atoms with Crippen LogP contribution in [-0.2, 0) is 54.5 Å². The third kappa shape index (κ3) is 16.3. The van der Waals surface area contributed by atoms with Gasteiger partial charge < -0.3 is 22.1 Å². The molecule has 0 aliphatic heterocycles. The zero-order valence-electron chi connectivity index (χ0n) is 89.8. The van der Waals surface area contributed by atoms with Crippen molar-refractivity contribution in [3.05, 3.63) is 360 Å². The van der Waals surface area contributed by atoms with Crippen LogP contribution in [0.3, 0.4) is 0 Å². The second-order valence-corrected chi connectivity index (χ2v) is 39.6. The SMILES string of the molecule is Cc1c(-c2cc(CC3CCCC3)cc[n+]2C)c2oc3ncccc3c2c2ccccc12.Cc1c(-c2cc(CC3CCCCC3)cc[n+]2C)c2oc3ncccc3c2c2ccccc12.Cc1cc[n+](C)c(-c2c(C)c3ccccc3c3c2oc2ncccc23)c1.[2H]C([2H])(C)c1cc[n+](C)c(-c2c(C)c3ccccc3c3c2oc2ncccc23)c1.[2H]C([2H])([2H])C([2H])(C)c1cc[n+](C)c(-c2c(C)c3ccccc3c3c2oc2ncccc23)c1. The molecule has 0 N–H and O–H groups in total. The van der Waals surface area contributed by atoms with Crippen LogP contribution in [0.2, 0.25) is 0 Å². The van der Waals surface area contributed by atoms with Gasteiger partial charge >= 0.3 is 0 Å². The Labute approximate surface area is 845 Å². The molecule has 710 valence electrons. The lowest BCUT2D eigenvalue weighted by molar-refractivity contribution is -0.660. The molecular formula is C129H119N10O5+5. The number of hydrogen-bond acceptors (Lipinski definition) is 10. The van der Waals surface area contributed by atoms with Crippen molar-refractivity contribution in [2.45, 2.75) is 145 Å². The summed E-state index contributed by atoms with van der Waals surface area (Å²) in [7, 11) is 10.2. The molecule has 2 saturated carbocycles. The first-order chi connectivity index (χ1) is 72.5. The van der Waals surface area contributed by atoms with Crippen LogP contribution >= 0.6 is 0 Å². The Morgan fingerprint density at radius 3 is 0.833 bits per heavy atom. The number of nitrogens with zero attached hydrogens (tertiary/aromatic N) is 10. The predicted octanol–water partition coefficient (Wildman–Crippen LogP) is 30.5. The maximum absolute atomic E-state index is 8.58. The quantitative estimate of drug-likeness (QED) is 0.115. The van der Waals surface area contributed by atoms with E-state index in [0.717, 1.165) is 144 Å². The van der Waals surface area contributed by atoms with Gasteiger partial charge in [0.1, 0.15) is 35.2 Å². The minimum Gasteiger partial charge on any atom is -0.437 e. The van der Waals surface area contributed by atoms with Crippen molar-refractivity contribution in [1.82, 2.24) is 24.9 Å². The first-order valence-corrected chi connectivity index (χ1v) is 50.4. The first kappa shape index (κ1) is 84.8. The fraction of sp³-hybridized carbons (Fsp3) is 0.225. The third-order valence-electron chi connectivity index (χ3n) is 30.6. The molecule has 1 unspecified atom stereocenters. The second kappa shape index (κ2) is 38.1. The van der Waals surface area contributed by atoms with E-state index < -0.39 is 19.1 Å². The normalized spacial score (nSPS) is 14.4. The van der Waals surface area contributed by atoms with Crippen molar-refractivity contribution in [2.24, 2.45) is 47.1 Å². The van der Waals surface area contributed by atoms with Crippen LogP contribution < -0.4 is 22.8 Å². The molecule has 1 atom stereocenters. The molecule has 2 aliphatic rings. The van der Waals surface area contributed by atoms with Gasteiger partial charge in [0.25, 0.3) is 0 Å². The lowest BCUT2D eigenvalue weighted by atomic mass is 9.84. The minimum atomic E-state index is -2.46. The zero-order chi connectivity index (χ0) is 104. The van der Waals surface area contributed by atoms with Crippen molar-refractivity contribution in [1.29, 1.82) is 0 Å². The van der Waals surface area contributed by atoms with Crippen LogP contribution in [-0.4, -0.2) is 24.9 Å². The summed E-state index contributed by atoms with van der Waals surface area (Å²) >= 11 is 0. The number of aromatic nitrogens is 10. The molecule has 0 amide bonds. The van der Waals surface area contributed by atoms with E-state index in [-0.39, 0.29) is 0 Å². The van der Waals surface area contributed by atoms with Crippen LogP contribution in [0.5, 0.6) is 0 Å². The average Bonchev–Trinajstić information content (AvgIpc) is 1.56. The molecule has 0 spiro atoms. The average molecular weight is 1900 g/mol. The first-order valence-electron chi connectivity index (χ1n) is 53.4. The van der Waals surface area contributed by atoms with Crippen LogP contribution in [0, 0.1) is 53.4 Å². The Kier molecular flexibility index (Phi) is 22.5. The summed E-state index contributed by atoms with van der Waals surface area (Å²) in [5.41, 5.74) is 29.3. The number of benzene rings is 10. The van der Waals surface area contributed by atoms with Gasteiger partial charge in [0.2, 0.25) is 57.0 Å². The van der Waals surface area contributed by atoms with Gasteiger partial charge in [-0.05, 0) is 249 Å². The van der Waals surface area contributed by atoms with E-state index in [1.165, 1.54) is 177 Å². The van der Waals surface area contributed by atoms with Crippen molar-refractivity contribution < 1.29 is 53.1 Å². The molecule has 15 aromatic heterocycles. The van der Waals surface area contributed by atoms with E-state index >= 15 is 0 Å². The predicted molar refractivity (Wildman–Crippen MR) is 586 cm³/mol. The van der Waals surface area contributed by atoms with Gasteiger partial charge in [-0.2, -0.15) is 0 Å². The number of furan rings is 5. The van der Waals surface area contributed by atoms with Gasteiger partial charge in [0.15, 0.2) is 58.9 Å². The Morgan fingerprint density at radius 2 is 0.542 bits per heavy atom. The molecule has 0 bridgehead atoms. The van der Waals surface area contributed by atoms with Gasteiger partial charge in [-0.25, -0.2) is 47.8 Å². The molecule has 15 heterocycles. The molecular weight excluding hydrogens is 1770 g/mol. The topological polar surface area (TPSA) is 150 Å². The summed E-state index contributed by atoms with van der Waals surface area (Å²) in [4.78, 5) is 22.4. The number of aryl methyl sites for hydroxylation is 12. The van der Waals surface area contributed by atoms with E-state index in [2.05, 4.69) is 265 Å². The van der Waals surface area contributed by atoms with E-state index in [1.807, 2.05) is 134 Å². The number of pyridine rings is 10. The third-order valence-corrected chi connectivity index (χ3v) is 30.6. The van der Waals surface area contributed by atoms with Gasteiger partial charge in [0, 0.05) is 154 Å². The molecule has 25 aromatic rings. The van der Waals surface area contributed by atoms with Crippen LogP contribution in [0.15, 0.2) is 327 Å². The highest BCUT2D eigenvalue weighted by Crippen LogP contribution is 2.50. The van der Waals surface area contributed by atoms with Crippen LogP contribution in [0.4, 0.5) is 0 Å². The Hall–Kier alpha value is -16.0. The molecule has 2 aliphatic carbocycles. The molecule has 2 fully saturated rings. The summed E-state index contributed by atoms with van der Waals surface area (Å²) < 4.78 is 90.8. The summed E-state index contributed by atoms with van der Waals surface area (Å²) in [5.74, 6) is -0.0962. The van der Waals surface area contributed by atoms with E-state index in [0.29, 0.717) is 45.3 Å². The largest absolute Gasteiger partial charge is 0.437 e. The van der Waals surface area contributed by atoms with Crippen LogP contribution in [0.25, 0.3) is 220 Å². The molecule has 144 heavy (non-hydrogen) atoms. The summed E-state index contributed by atoms with van der Waals surface area (Å²) in [6.07, 6.45) is 32.4. The van der Waals surface area contributed by atoms with Crippen molar-refractivity contribution in [3.8, 4) is 56.3 Å². The molecule has 10 aromatic carbocycles. The van der Waals surface area contributed by atoms with Gasteiger partial charge in [-0.15, -0.1) is 0 Å². The smallest absolute Gasteiger partial charge is 0.227 e. The van der Waals surface area contributed by atoms with Crippen molar-refractivity contribution in [2.75, 3.05) is 0 Å². The second-order valence-electron chi connectivity index (χ2n) is 39.6. The Morgan fingerprint density at radius 1 is 0.299 bits per heavy atom. The van der Waals surface area contributed by atoms with Gasteiger partial charge in [-0.1, -0.05) is 200 Å². The lowest BCUT2D eigenvalue weighted by Crippen LogP contribution is -2.31. The highest BCUT2D eigenvalue weighted by molar-refractivity contribution is 6.28. The Balaban J connectivity index is 0.000000103. The fourth-order valence-electron chi connectivity index (χ4n) is 23.3. The Bertz CT molecular complexity index is 9720. The molecule has 27 rings (SSSR count). The fourth-order valence-corrected chi connectivity index (χ4v) is 23.3. The minimum absolute atomic E-state index is 0.431. The monoisotopic (exact) mass is 1890 g/mol. The van der Waals surface area contributed by atoms with E-state index in [9.17, 15) is 0 Å². The summed E-state index contributed by atoms with van der Waals surface area (Å²) in [6, 6.07) is 83.6. The number of hydrogen-bond donors (Lipinski definition) is 0. The van der Waals surface area contributed by atoms with Gasteiger partial charge in [-0.3, -0.25) is 0 Å². The van der Waals surface area contributed by atoms with E-state index in [1.54, 1.807) is 37.6 Å². The van der Waals surface area contributed by atoms with Crippen LogP contribution in [0.1, 0.15) is 148 Å².